The SMILES string of the molecule is NCC1CCCC1NC(=O)c1cnn(-c2ccccc2)c1C1CC1. The molecule has 4 rings (SSSR count). The number of aromatic nitrogens is 2. The molecule has 3 N–H and O–H groups in total. The van der Waals surface area contributed by atoms with Gasteiger partial charge in [-0.2, -0.15) is 5.10 Å². The number of nitrogens with zero attached hydrogens (tertiary/aromatic N) is 2. The molecule has 2 saturated carbocycles. The molecule has 1 aromatic carbocycles. The first-order valence-corrected chi connectivity index (χ1v) is 8.92. The van der Waals surface area contributed by atoms with Gasteiger partial charge in [0.15, 0.2) is 0 Å². The molecule has 126 valence electrons. The smallest absolute Gasteiger partial charge is 0.255 e. The van der Waals surface area contributed by atoms with Gasteiger partial charge in [0.05, 0.1) is 23.1 Å². The van der Waals surface area contributed by atoms with E-state index in [4.69, 9.17) is 5.73 Å². The van der Waals surface area contributed by atoms with Gasteiger partial charge in [0.2, 0.25) is 0 Å². The van der Waals surface area contributed by atoms with Crippen LogP contribution in [0.25, 0.3) is 5.69 Å². The molecule has 0 aliphatic heterocycles. The maximum Gasteiger partial charge on any atom is 0.255 e. The summed E-state index contributed by atoms with van der Waals surface area (Å²) in [5.74, 6) is 0.856. The summed E-state index contributed by atoms with van der Waals surface area (Å²) in [5.41, 5.74) is 8.63. The number of para-hydroxylation sites is 1. The Morgan fingerprint density at radius 1 is 1.21 bits per heavy atom. The number of hydrogen-bond acceptors (Lipinski definition) is 3. The minimum Gasteiger partial charge on any atom is -0.349 e. The fourth-order valence-electron chi connectivity index (χ4n) is 3.81. The molecule has 24 heavy (non-hydrogen) atoms. The summed E-state index contributed by atoms with van der Waals surface area (Å²) in [6, 6.07) is 10.2. The molecular formula is C19H24N4O. The molecule has 5 nitrogen and oxygen atoms in total. The fourth-order valence-corrected chi connectivity index (χ4v) is 3.81. The summed E-state index contributed by atoms with van der Waals surface area (Å²) in [6.07, 6.45) is 7.27. The van der Waals surface area contributed by atoms with Crippen molar-refractivity contribution in [3.8, 4) is 5.69 Å². The molecule has 0 spiro atoms. The van der Waals surface area contributed by atoms with Crippen LogP contribution in [0.4, 0.5) is 0 Å². The van der Waals surface area contributed by atoms with Crippen molar-refractivity contribution < 1.29 is 4.79 Å². The lowest BCUT2D eigenvalue weighted by Gasteiger charge is -2.19. The first-order chi connectivity index (χ1) is 11.8. The third kappa shape index (κ3) is 2.84. The second-order valence-corrected chi connectivity index (χ2v) is 6.97. The predicted molar refractivity (Wildman–Crippen MR) is 93.2 cm³/mol. The average molecular weight is 324 g/mol. The van der Waals surface area contributed by atoms with Crippen LogP contribution in [0.5, 0.6) is 0 Å². The minimum atomic E-state index is 0.00410. The Kier molecular flexibility index (Phi) is 4.10. The van der Waals surface area contributed by atoms with Crippen molar-refractivity contribution in [3.63, 3.8) is 0 Å². The molecule has 5 heteroatoms. The van der Waals surface area contributed by atoms with Gasteiger partial charge in [-0.3, -0.25) is 4.79 Å². The Bertz CT molecular complexity index is 720. The molecule has 0 radical (unpaired) electrons. The monoisotopic (exact) mass is 324 g/mol. The lowest BCUT2D eigenvalue weighted by Crippen LogP contribution is -2.40. The second-order valence-electron chi connectivity index (χ2n) is 6.97. The first kappa shape index (κ1) is 15.4. The number of nitrogens with two attached hydrogens (primary N) is 1. The van der Waals surface area contributed by atoms with E-state index in [0.29, 0.717) is 18.4 Å². The molecule has 2 unspecified atom stereocenters. The molecule has 0 saturated heterocycles. The van der Waals surface area contributed by atoms with E-state index in [0.717, 1.165) is 49.0 Å². The fraction of sp³-hybridized carbons (Fsp3) is 0.474. The van der Waals surface area contributed by atoms with Crippen LogP contribution < -0.4 is 11.1 Å². The molecule has 0 bridgehead atoms. The Morgan fingerprint density at radius 3 is 2.71 bits per heavy atom. The van der Waals surface area contributed by atoms with Gasteiger partial charge in [0, 0.05) is 12.0 Å². The highest BCUT2D eigenvalue weighted by Crippen LogP contribution is 2.42. The Hall–Kier alpha value is -2.14. The van der Waals surface area contributed by atoms with Gasteiger partial charge in [-0.05, 0) is 50.3 Å². The third-order valence-corrected chi connectivity index (χ3v) is 5.29. The van der Waals surface area contributed by atoms with E-state index in [1.165, 1.54) is 0 Å². The van der Waals surface area contributed by atoms with Crippen molar-refractivity contribution in [2.24, 2.45) is 11.7 Å². The topological polar surface area (TPSA) is 72.9 Å². The lowest BCUT2D eigenvalue weighted by atomic mass is 10.0. The third-order valence-electron chi connectivity index (χ3n) is 5.29. The molecule has 2 aromatic rings. The molecule has 2 fully saturated rings. The number of carbonyl (C=O) groups is 1. The van der Waals surface area contributed by atoms with Crippen molar-refractivity contribution in [2.75, 3.05) is 6.54 Å². The van der Waals surface area contributed by atoms with Crippen molar-refractivity contribution in [1.29, 1.82) is 0 Å². The van der Waals surface area contributed by atoms with Crippen LogP contribution in [-0.4, -0.2) is 28.3 Å². The maximum absolute atomic E-state index is 12.9. The molecule has 1 aromatic heterocycles. The van der Waals surface area contributed by atoms with Crippen molar-refractivity contribution in [1.82, 2.24) is 15.1 Å². The second kappa shape index (κ2) is 6.40. The van der Waals surface area contributed by atoms with E-state index >= 15 is 0 Å². The Balaban J connectivity index is 1.61. The quantitative estimate of drug-likeness (QED) is 0.888. The van der Waals surface area contributed by atoms with Crippen LogP contribution >= 0.6 is 0 Å². The average Bonchev–Trinajstić information content (AvgIpc) is 3.19. The van der Waals surface area contributed by atoms with E-state index in [1.54, 1.807) is 6.20 Å². The highest BCUT2D eigenvalue weighted by Gasteiger charge is 2.34. The van der Waals surface area contributed by atoms with Gasteiger partial charge in [-0.1, -0.05) is 24.6 Å². The van der Waals surface area contributed by atoms with Crippen LogP contribution in [0.1, 0.15) is 54.1 Å². The molecule has 1 amide bonds. The minimum absolute atomic E-state index is 0.00410. The van der Waals surface area contributed by atoms with Crippen LogP contribution in [0.2, 0.25) is 0 Å². The number of benzene rings is 1. The molecule has 2 aliphatic carbocycles. The summed E-state index contributed by atoms with van der Waals surface area (Å²) in [4.78, 5) is 12.9. The number of rotatable bonds is 5. The zero-order chi connectivity index (χ0) is 16.5. The number of amides is 1. The van der Waals surface area contributed by atoms with Gasteiger partial charge in [-0.25, -0.2) is 4.68 Å². The zero-order valence-corrected chi connectivity index (χ0v) is 13.8. The Labute approximate surface area is 142 Å². The van der Waals surface area contributed by atoms with E-state index < -0.39 is 0 Å². The van der Waals surface area contributed by atoms with Crippen LogP contribution in [0.3, 0.4) is 0 Å². The van der Waals surface area contributed by atoms with Crippen LogP contribution in [0, 0.1) is 5.92 Å². The molecule has 2 aliphatic rings. The highest BCUT2D eigenvalue weighted by atomic mass is 16.1. The molecule has 1 heterocycles. The maximum atomic E-state index is 12.9. The van der Waals surface area contributed by atoms with E-state index in [2.05, 4.69) is 10.4 Å². The van der Waals surface area contributed by atoms with Crippen LogP contribution in [0.15, 0.2) is 36.5 Å². The van der Waals surface area contributed by atoms with Gasteiger partial charge in [0.25, 0.3) is 5.91 Å². The largest absolute Gasteiger partial charge is 0.349 e. The highest BCUT2D eigenvalue weighted by molar-refractivity contribution is 5.95. The standard InChI is InChI=1S/C19H24N4O/c20-11-14-5-4-8-17(14)22-19(24)16-12-21-23(18(16)13-9-10-13)15-6-2-1-3-7-15/h1-3,6-7,12-14,17H,4-5,8-11,20H2,(H,22,24). The molecule has 2 atom stereocenters. The number of hydrogen-bond donors (Lipinski definition) is 2. The van der Waals surface area contributed by atoms with Gasteiger partial charge in [0.1, 0.15) is 0 Å². The first-order valence-electron chi connectivity index (χ1n) is 8.92. The van der Waals surface area contributed by atoms with E-state index in [9.17, 15) is 4.79 Å². The number of carbonyl (C=O) groups excluding carboxylic acids is 1. The summed E-state index contributed by atoms with van der Waals surface area (Å²) in [7, 11) is 0. The lowest BCUT2D eigenvalue weighted by molar-refractivity contribution is 0.0927. The normalized spacial score (nSPS) is 23.4. The van der Waals surface area contributed by atoms with E-state index in [1.807, 2.05) is 35.0 Å². The van der Waals surface area contributed by atoms with Gasteiger partial charge >= 0.3 is 0 Å². The number of nitrogens with one attached hydrogen (secondary N) is 1. The van der Waals surface area contributed by atoms with Gasteiger partial charge < -0.3 is 11.1 Å². The predicted octanol–water partition coefficient (Wildman–Crippen LogP) is 2.61. The van der Waals surface area contributed by atoms with Crippen LogP contribution in [-0.2, 0) is 0 Å². The Morgan fingerprint density at radius 2 is 2.00 bits per heavy atom. The summed E-state index contributed by atoms with van der Waals surface area (Å²) in [5, 5.41) is 7.73. The van der Waals surface area contributed by atoms with E-state index in [-0.39, 0.29) is 11.9 Å². The van der Waals surface area contributed by atoms with Gasteiger partial charge in [-0.15, -0.1) is 0 Å². The summed E-state index contributed by atoms with van der Waals surface area (Å²) >= 11 is 0. The van der Waals surface area contributed by atoms with Crippen molar-refractivity contribution in [3.05, 3.63) is 47.8 Å². The summed E-state index contributed by atoms with van der Waals surface area (Å²) < 4.78 is 1.93. The molecular weight excluding hydrogens is 300 g/mol. The summed E-state index contributed by atoms with van der Waals surface area (Å²) in [6.45, 7) is 0.643. The zero-order valence-electron chi connectivity index (χ0n) is 13.8. The van der Waals surface area contributed by atoms with Crippen molar-refractivity contribution >= 4 is 5.91 Å². The van der Waals surface area contributed by atoms with Crippen molar-refractivity contribution in [2.45, 2.75) is 44.1 Å².